The maximum Gasteiger partial charge on any atom is 0.271 e. The Morgan fingerprint density at radius 1 is 0.833 bits per heavy atom. The third kappa shape index (κ3) is 3.60. The topological polar surface area (TPSA) is 58.5 Å². The van der Waals surface area contributed by atoms with Crippen molar-refractivity contribution < 1.29 is 4.79 Å². The molecule has 0 spiro atoms. The van der Waals surface area contributed by atoms with Crippen molar-refractivity contribution in [2.75, 3.05) is 4.90 Å². The number of aliphatic imine (C=N–C) groups is 1. The predicted molar refractivity (Wildman–Crippen MR) is 123 cm³/mol. The van der Waals surface area contributed by atoms with Crippen LogP contribution in [-0.2, 0) is 4.79 Å². The lowest BCUT2D eigenvalue weighted by molar-refractivity contribution is -0.113. The summed E-state index contributed by atoms with van der Waals surface area (Å²) in [5.41, 5.74) is 4.10. The van der Waals surface area contributed by atoms with Gasteiger partial charge in [-0.05, 0) is 59.8 Å². The molecule has 144 valence electrons. The molecule has 6 heteroatoms. The number of carbonyl (C=O) groups is 1. The molecule has 1 aliphatic heterocycles. The number of thioether (sulfide) groups is 1. The van der Waals surface area contributed by atoms with Gasteiger partial charge in [-0.1, -0.05) is 42.5 Å². The van der Waals surface area contributed by atoms with Gasteiger partial charge in [0, 0.05) is 12.4 Å². The quantitative estimate of drug-likeness (QED) is 0.424. The van der Waals surface area contributed by atoms with Crippen molar-refractivity contribution in [1.82, 2.24) is 9.97 Å². The van der Waals surface area contributed by atoms with Gasteiger partial charge in [-0.15, -0.1) is 0 Å². The monoisotopic (exact) mass is 408 g/mol. The predicted octanol–water partition coefficient (Wildman–Crippen LogP) is 5.44. The van der Waals surface area contributed by atoms with Crippen LogP contribution in [0.5, 0.6) is 0 Å². The molecule has 0 aliphatic carbocycles. The Kier molecular flexibility index (Phi) is 4.83. The first-order valence-electron chi connectivity index (χ1n) is 9.41. The van der Waals surface area contributed by atoms with Crippen LogP contribution in [0.3, 0.4) is 0 Å². The fraction of sp³-hybridized carbons (Fsp3) is 0. The van der Waals surface area contributed by atoms with E-state index in [1.165, 1.54) is 11.8 Å². The van der Waals surface area contributed by atoms with E-state index in [0.717, 1.165) is 28.0 Å². The Morgan fingerprint density at radius 2 is 1.53 bits per heavy atom. The third-order valence-corrected chi connectivity index (χ3v) is 5.56. The SMILES string of the molecule is O=C1C(=Cc2ccc3nccnc3c2)SC(=Nc2ccccc2)N1c1ccccc1. The van der Waals surface area contributed by atoms with E-state index in [0.29, 0.717) is 10.1 Å². The van der Waals surface area contributed by atoms with Crippen LogP contribution in [0.4, 0.5) is 11.4 Å². The average molecular weight is 408 g/mol. The van der Waals surface area contributed by atoms with Gasteiger partial charge < -0.3 is 0 Å². The second-order valence-electron chi connectivity index (χ2n) is 6.62. The highest BCUT2D eigenvalue weighted by molar-refractivity contribution is 8.19. The minimum Gasteiger partial charge on any atom is -0.268 e. The summed E-state index contributed by atoms with van der Waals surface area (Å²) in [6.45, 7) is 0. The molecule has 0 radical (unpaired) electrons. The van der Waals surface area contributed by atoms with Crippen molar-refractivity contribution in [3.63, 3.8) is 0 Å². The van der Waals surface area contributed by atoms with Gasteiger partial charge in [0.1, 0.15) is 0 Å². The first kappa shape index (κ1) is 18.3. The summed E-state index contributed by atoms with van der Waals surface area (Å²) in [5, 5.41) is 0.629. The fourth-order valence-corrected chi connectivity index (χ4v) is 4.19. The van der Waals surface area contributed by atoms with Gasteiger partial charge >= 0.3 is 0 Å². The zero-order valence-electron chi connectivity index (χ0n) is 15.8. The van der Waals surface area contributed by atoms with Crippen molar-refractivity contribution >= 4 is 51.3 Å². The van der Waals surface area contributed by atoms with Crippen molar-refractivity contribution in [1.29, 1.82) is 0 Å². The number of anilines is 1. The first-order valence-corrected chi connectivity index (χ1v) is 10.2. The van der Waals surface area contributed by atoms with Crippen LogP contribution in [0.1, 0.15) is 5.56 Å². The van der Waals surface area contributed by atoms with E-state index in [1.54, 1.807) is 17.3 Å². The lowest BCUT2D eigenvalue weighted by Gasteiger charge is -2.15. The van der Waals surface area contributed by atoms with E-state index in [-0.39, 0.29) is 5.91 Å². The summed E-state index contributed by atoms with van der Waals surface area (Å²) in [6, 6.07) is 25.0. The molecule has 1 aliphatic rings. The largest absolute Gasteiger partial charge is 0.271 e. The molecule has 5 rings (SSSR count). The second-order valence-corrected chi connectivity index (χ2v) is 7.63. The Morgan fingerprint density at radius 3 is 2.30 bits per heavy atom. The number of aromatic nitrogens is 2. The van der Waals surface area contributed by atoms with Crippen molar-refractivity contribution in [2.24, 2.45) is 4.99 Å². The highest BCUT2D eigenvalue weighted by Gasteiger charge is 2.34. The van der Waals surface area contributed by atoms with Crippen LogP contribution in [0, 0.1) is 0 Å². The van der Waals surface area contributed by atoms with Crippen LogP contribution in [0.15, 0.2) is 101 Å². The van der Waals surface area contributed by atoms with E-state index >= 15 is 0 Å². The molecule has 1 fully saturated rings. The molecular formula is C24H16N4OS. The number of amidine groups is 1. The van der Waals surface area contributed by atoms with Gasteiger partial charge in [-0.3, -0.25) is 19.7 Å². The van der Waals surface area contributed by atoms with Crippen molar-refractivity contribution in [2.45, 2.75) is 0 Å². The zero-order valence-corrected chi connectivity index (χ0v) is 16.7. The number of fused-ring (bicyclic) bond motifs is 1. The molecule has 5 nitrogen and oxygen atoms in total. The molecule has 1 amide bonds. The summed E-state index contributed by atoms with van der Waals surface area (Å²) in [4.78, 5) is 28.9. The standard InChI is InChI=1S/C24H16N4OS/c29-23-22(16-17-11-12-20-21(15-17)26-14-13-25-20)30-24(27-18-7-3-1-4-8-18)28(23)19-9-5-2-6-10-19/h1-16H. The Hall–Kier alpha value is -3.77. The number of hydrogen-bond acceptors (Lipinski definition) is 5. The van der Waals surface area contributed by atoms with Crippen LogP contribution < -0.4 is 4.90 Å². The van der Waals surface area contributed by atoms with Gasteiger partial charge in [0.15, 0.2) is 5.17 Å². The summed E-state index contributed by atoms with van der Waals surface area (Å²) < 4.78 is 0. The van der Waals surface area contributed by atoms with Crippen LogP contribution in [-0.4, -0.2) is 21.0 Å². The number of carbonyl (C=O) groups excluding carboxylic acids is 1. The number of para-hydroxylation sites is 2. The lowest BCUT2D eigenvalue weighted by atomic mass is 10.1. The molecule has 2 heterocycles. The molecule has 1 aromatic heterocycles. The van der Waals surface area contributed by atoms with Crippen LogP contribution in [0.25, 0.3) is 17.1 Å². The van der Waals surface area contributed by atoms with E-state index in [4.69, 9.17) is 4.99 Å². The molecule has 0 bridgehead atoms. The Bertz CT molecular complexity index is 1290. The Balaban J connectivity index is 1.57. The lowest BCUT2D eigenvalue weighted by Crippen LogP contribution is -2.28. The molecule has 0 atom stereocenters. The van der Waals surface area contributed by atoms with E-state index in [2.05, 4.69) is 9.97 Å². The number of nitrogens with zero attached hydrogens (tertiary/aromatic N) is 4. The molecule has 1 saturated heterocycles. The molecule has 0 saturated carbocycles. The molecule has 4 aromatic rings. The summed E-state index contributed by atoms with van der Waals surface area (Å²) in [7, 11) is 0. The van der Waals surface area contributed by atoms with Crippen LogP contribution in [0.2, 0.25) is 0 Å². The second kappa shape index (κ2) is 7.93. The Labute approximate surface area is 177 Å². The molecule has 3 aromatic carbocycles. The fourth-order valence-electron chi connectivity index (χ4n) is 3.19. The van der Waals surface area contributed by atoms with Gasteiger partial charge in [0.25, 0.3) is 5.91 Å². The minimum absolute atomic E-state index is 0.0971. The van der Waals surface area contributed by atoms with Gasteiger partial charge in [0.05, 0.1) is 27.3 Å². The van der Waals surface area contributed by atoms with E-state index < -0.39 is 0 Å². The number of benzene rings is 3. The summed E-state index contributed by atoms with van der Waals surface area (Å²) in [5.74, 6) is -0.0971. The number of rotatable bonds is 3. The van der Waals surface area contributed by atoms with Gasteiger partial charge in [-0.25, -0.2) is 4.99 Å². The summed E-state index contributed by atoms with van der Waals surface area (Å²) in [6.07, 6.45) is 5.21. The minimum atomic E-state index is -0.0971. The molecule has 0 N–H and O–H groups in total. The van der Waals surface area contributed by atoms with E-state index in [1.807, 2.05) is 84.9 Å². The highest BCUT2D eigenvalue weighted by Crippen LogP contribution is 2.37. The number of hydrogen-bond donors (Lipinski definition) is 0. The normalized spacial score (nSPS) is 16.7. The van der Waals surface area contributed by atoms with Gasteiger partial charge in [0.2, 0.25) is 0 Å². The number of amides is 1. The smallest absolute Gasteiger partial charge is 0.268 e. The average Bonchev–Trinajstić information content (AvgIpc) is 3.09. The van der Waals surface area contributed by atoms with Crippen molar-refractivity contribution in [3.05, 3.63) is 102 Å². The third-order valence-electron chi connectivity index (χ3n) is 4.59. The zero-order chi connectivity index (χ0) is 20.3. The molecule has 0 unspecified atom stereocenters. The first-order chi connectivity index (χ1) is 14.8. The van der Waals surface area contributed by atoms with Crippen LogP contribution >= 0.6 is 11.8 Å². The van der Waals surface area contributed by atoms with E-state index in [9.17, 15) is 4.79 Å². The highest BCUT2D eigenvalue weighted by atomic mass is 32.2. The van der Waals surface area contributed by atoms with Gasteiger partial charge in [-0.2, -0.15) is 0 Å². The maximum atomic E-state index is 13.3. The summed E-state index contributed by atoms with van der Waals surface area (Å²) >= 11 is 1.37. The van der Waals surface area contributed by atoms with Crippen molar-refractivity contribution in [3.8, 4) is 0 Å². The molecular weight excluding hydrogens is 392 g/mol. The maximum absolute atomic E-state index is 13.3. The molecule has 30 heavy (non-hydrogen) atoms.